The lowest BCUT2D eigenvalue weighted by Crippen LogP contribution is -2.41. The molecule has 0 bridgehead atoms. The van der Waals surface area contributed by atoms with Gasteiger partial charge in [-0.1, -0.05) is 12.1 Å². The van der Waals surface area contributed by atoms with Gasteiger partial charge in [0.25, 0.3) is 0 Å². The van der Waals surface area contributed by atoms with E-state index in [9.17, 15) is 4.39 Å². The van der Waals surface area contributed by atoms with E-state index in [1.165, 1.54) is 12.1 Å². The summed E-state index contributed by atoms with van der Waals surface area (Å²) in [6, 6.07) is 12.9. The Balaban J connectivity index is 1.61. The van der Waals surface area contributed by atoms with Crippen LogP contribution in [0.15, 0.2) is 48.9 Å². The number of aryl methyl sites for hydroxylation is 1. The minimum absolute atomic E-state index is 0.00783. The van der Waals surface area contributed by atoms with Crippen molar-refractivity contribution in [2.45, 2.75) is 18.9 Å². The van der Waals surface area contributed by atoms with E-state index in [1.54, 1.807) is 18.6 Å². The third-order valence-corrected chi connectivity index (χ3v) is 6.35. The van der Waals surface area contributed by atoms with Crippen LogP contribution in [0.5, 0.6) is 0 Å². The second kappa shape index (κ2) is 8.60. The summed E-state index contributed by atoms with van der Waals surface area (Å²) >= 11 is 0. The van der Waals surface area contributed by atoms with Crippen molar-refractivity contribution in [1.82, 2.24) is 24.8 Å². The van der Waals surface area contributed by atoms with Gasteiger partial charge in [-0.05, 0) is 44.2 Å². The first-order valence-electron chi connectivity index (χ1n) is 11.0. The Bertz CT molecular complexity index is 1360. The predicted molar refractivity (Wildman–Crippen MR) is 126 cm³/mol. The number of benzene rings is 2. The Morgan fingerprint density at radius 2 is 1.82 bits per heavy atom. The molecule has 3 heterocycles. The molecule has 33 heavy (non-hydrogen) atoms. The number of piperidine rings is 1. The average molecular weight is 442 g/mol. The largest absolute Gasteiger partial charge is 0.355 e. The van der Waals surface area contributed by atoms with E-state index < -0.39 is 5.82 Å². The number of aromatic nitrogens is 4. The second-order valence-corrected chi connectivity index (χ2v) is 8.34. The molecule has 0 atom stereocenters. The van der Waals surface area contributed by atoms with E-state index in [1.807, 2.05) is 42.9 Å². The summed E-state index contributed by atoms with van der Waals surface area (Å²) in [5.41, 5.74) is 4.56. The first kappa shape index (κ1) is 21.0. The molecular formula is C25H24FN7. The van der Waals surface area contributed by atoms with E-state index in [0.29, 0.717) is 23.0 Å². The van der Waals surface area contributed by atoms with Gasteiger partial charge in [0.15, 0.2) is 0 Å². The Hall–Kier alpha value is -3.83. The molecule has 0 saturated carbocycles. The lowest BCUT2D eigenvalue weighted by molar-refractivity contribution is 0.440. The molecule has 2 aromatic carbocycles. The van der Waals surface area contributed by atoms with Crippen molar-refractivity contribution in [3.63, 3.8) is 0 Å². The van der Waals surface area contributed by atoms with Crippen molar-refractivity contribution in [2.75, 3.05) is 25.0 Å². The van der Waals surface area contributed by atoms with Gasteiger partial charge in [-0.25, -0.2) is 14.4 Å². The highest BCUT2D eigenvalue weighted by molar-refractivity contribution is 5.86. The highest BCUT2D eigenvalue weighted by Gasteiger charge is 2.22. The van der Waals surface area contributed by atoms with E-state index >= 15 is 0 Å². The number of hydrogen-bond acceptors (Lipinski definition) is 6. The fourth-order valence-electron chi connectivity index (χ4n) is 4.38. The van der Waals surface area contributed by atoms with Gasteiger partial charge in [-0.3, -0.25) is 4.98 Å². The van der Waals surface area contributed by atoms with Crippen molar-refractivity contribution in [3.05, 3.63) is 60.3 Å². The fraction of sp³-hybridized carbons (Fsp3) is 0.280. The third kappa shape index (κ3) is 3.92. The predicted octanol–water partition coefficient (Wildman–Crippen LogP) is 3.90. The van der Waals surface area contributed by atoms with Crippen LogP contribution in [0.25, 0.3) is 33.5 Å². The SMILES string of the molecule is CNC1CCN(c2cnc(-c3ccc4c(c3)ncn4C)c(-c3ccc(C#N)c(F)c3)n2)CC1. The number of fused-ring (bicyclic) bond motifs is 1. The van der Waals surface area contributed by atoms with E-state index in [2.05, 4.69) is 15.2 Å². The Labute approximate surface area is 191 Å². The lowest BCUT2D eigenvalue weighted by Gasteiger charge is -2.32. The topological polar surface area (TPSA) is 82.7 Å². The average Bonchev–Trinajstić information content (AvgIpc) is 3.23. The summed E-state index contributed by atoms with van der Waals surface area (Å²) in [6.45, 7) is 1.75. The fourth-order valence-corrected chi connectivity index (χ4v) is 4.38. The molecule has 1 aliphatic heterocycles. The van der Waals surface area contributed by atoms with Crippen molar-refractivity contribution in [2.24, 2.45) is 7.05 Å². The molecule has 7 nitrogen and oxygen atoms in total. The maximum absolute atomic E-state index is 14.5. The van der Waals surface area contributed by atoms with Gasteiger partial charge in [0, 0.05) is 37.3 Å². The molecule has 1 fully saturated rings. The molecule has 2 aromatic heterocycles. The summed E-state index contributed by atoms with van der Waals surface area (Å²) in [4.78, 5) is 16.4. The molecule has 5 rings (SSSR count). The van der Waals surface area contributed by atoms with Crippen LogP contribution in [-0.2, 0) is 7.05 Å². The summed E-state index contributed by atoms with van der Waals surface area (Å²) in [5, 5.41) is 12.5. The molecule has 1 saturated heterocycles. The minimum atomic E-state index is -0.567. The van der Waals surface area contributed by atoms with Crippen LogP contribution < -0.4 is 10.2 Å². The number of imidazole rings is 1. The number of nitriles is 1. The van der Waals surface area contributed by atoms with Crippen molar-refractivity contribution in [1.29, 1.82) is 5.26 Å². The van der Waals surface area contributed by atoms with Crippen molar-refractivity contribution < 1.29 is 4.39 Å². The van der Waals surface area contributed by atoms with Crippen LogP contribution in [0.3, 0.4) is 0 Å². The number of rotatable bonds is 4. The molecule has 4 aromatic rings. The molecule has 0 unspecified atom stereocenters. The molecule has 166 valence electrons. The Morgan fingerprint density at radius 3 is 2.55 bits per heavy atom. The summed E-state index contributed by atoms with van der Waals surface area (Å²) < 4.78 is 16.5. The van der Waals surface area contributed by atoms with Gasteiger partial charge < -0.3 is 14.8 Å². The molecule has 1 N–H and O–H groups in total. The van der Waals surface area contributed by atoms with Crippen LogP contribution in [0.1, 0.15) is 18.4 Å². The zero-order valence-electron chi connectivity index (χ0n) is 18.6. The number of anilines is 1. The zero-order valence-corrected chi connectivity index (χ0v) is 18.6. The Morgan fingerprint density at radius 1 is 1.06 bits per heavy atom. The molecule has 0 spiro atoms. The van der Waals surface area contributed by atoms with Gasteiger partial charge in [0.05, 0.1) is 40.5 Å². The van der Waals surface area contributed by atoms with Gasteiger partial charge >= 0.3 is 0 Å². The third-order valence-electron chi connectivity index (χ3n) is 6.35. The number of hydrogen-bond donors (Lipinski definition) is 1. The molecule has 0 radical (unpaired) electrons. The molecule has 8 heteroatoms. The van der Waals surface area contributed by atoms with E-state index in [-0.39, 0.29) is 5.56 Å². The van der Waals surface area contributed by atoms with Gasteiger partial charge in [0.1, 0.15) is 17.7 Å². The maximum Gasteiger partial charge on any atom is 0.147 e. The number of nitrogens with zero attached hydrogens (tertiary/aromatic N) is 6. The molecule has 0 aliphatic carbocycles. The second-order valence-electron chi connectivity index (χ2n) is 8.34. The van der Waals surface area contributed by atoms with Crippen LogP contribution in [0.4, 0.5) is 10.2 Å². The Kier molecular flexibility index (Phi) is 5.48. The lowest BCUT2D eigenvalue weighted by atomic mass is 10.0. The van der Waals surface area contributed by atoms with Crippen LogP contribution in [-0.4, -0.2) is 45.7 Å². The van der Waals surface area contributed by atoms with Gasteiger partial charge in [0.2, 0.25) is 0 Å². The quantitative estimate of drug-likeness (QED) is 0.517. The van der Waals surface area contributed by atoms with Crippen LogP contribution in [0, 0.1) is 17.1 Å². The van der Waals surface area contributed by atoms with Gasteiger partial charge in [-0.2, -0.15) is 5.26 Å². The van der Waals surface area contributed by atoms with Crippen LogP contribution in [0.2, 0.25) is 0 Å². The zero-order chi connectivity index (χ0) is 22.9. The highest BCUT2D eigenvalue weighted by Crippen LogP contribution is 2.33. The number of halogens is 1. The van der Waals surface area contributed by atoms with Crippen molar-refractivity contribution >= 4 is 16.9 Å². The van der Waals surface area contributed by atoms with Crippen molar-refractivity contribution in [3.8, 4) is 28.6 Å². The summed E-state index contributed by atoms with van der Waals surface area (Å²) in [5.74, 6) is 0.204. The highest BCUT2D eigenvalue weighted by atomic mass is 19.1. The molecular weight excluding hydrogens is 417 g/mol. The van der Waals surface area contributed by atoms with Crippen LogP contribution >= 0.6 is 0 Å². The normalized spacial score (nSPS) is 14.5. The molecule has 1 aliphatic rings. The minimum Gasteiger partial charge on any atom is -0.355 e. The standard InChI is InChI=1S/C25H24FN7/c1-28-19-7-9-33(10-8-19)23-14-29-24(17-5-6-22-21(12-17)30-15-32(22)2)25(31-23)16-3-4-18(13-27)20(26)11-16/h3-6,11-12,14-15,19,28H,7-10H2,1-2H3. The number of nitrogens with one attached hydrogen (secondary N) is 1. The first-order valence-corrected chi connectivity index (χ1v) is 11.0. The molecule has 0 amide bonds. The van der Waals surface area contributed by atoms with E-state index in [4.69, 9.17) is 15.2 Å². The monoisotopic (exact) mass is 441 g/mol. The van der Waals surface area contributed by atoms with E-state index in [0.717, 1.165) is 48.3 Å². The summed E-state index contributed by atoms with van der Waals surface area (Å²) in [6.07, 6.45) is 5.62. The first-order chi connectivity index (χ1) is 16.1. The smallest absolute Gasteiger partial charge is 0.147 e. The summed E-state index contributed by atoms with van der Waals surface area (Å²) in [7, 11) is 3.94. The maximum atomic E-state index is 14.5. The van der Waals surface area contributed by atoms with Gasteiger partial charge in [-0.15, -0.1) is 0 Å².